The second kappa shape index (κ2) is 6.64. The summed E-state index contributed by atoms with van der Waals surface area (Å²) in [6, 6.07) is 11.4. The third-order valence-corrected chi connectivity index (χ3v) is 3.60. The highest BCUT2D eigenvalue weighted by molar-refractivity contribution is 5.89. The van der Waals surface area contributed by atoms with Crippen LogP contribution in [-0.4, -0.2) is 20.5 Å². The number of nitrogens with zero attached hydrogens (tertiary/aromatic N) is 2. The lowest BCUT2D eigenvalue weighted by atomic mass is 10.1. The molecule has 0 fully saturated rings. The molecular formula is C18H16N2O4. The molecule has 6 heteroatoms. The van der Waals surface area contributed by atoms with E-state index in [1.165, 1.54) is 10.5 Å². The van der Waals surface area contributed by atoms with Gasteiger partial charge in [-0.05, 0) is 42.3 Å². The maximum Gasteiger partial charge on any atom is 0.338 e. The standard InChI is InChI=1S/C18H16N2O4/c1-12-6-7-20-16(8-12)19-15(9-17(20)22)11-24-18(23)14-4-2-13(10-21)3-5-14/h2-9,21H,10-11H2,1H3. The molecule has 0 bridgehead atoms. The third-order valence-electron chi connectivity index (χ3n) is 3.60. The number of pyridine rings is 1. The summed E-state index contributed by atoms with van der Waals surface area (Å²) in [5, 5.41) is 9.00. The molecule has 2 heterocycles. The van der Waals surface area contributed by atoms with E-state index in [0.717, 1.165) is 5.56 Å². The Balaban J connectivity index is 1.77. The Hall–Kier alpha value is -2.99. The molecule has 6 nitrogen and oxygen atoms in total. The molecule has 0 aliphatic heterocycles. The highest BCUT2D eigenvalue weighted by Crippen LogP contribution is 2.08. The number of hydrogen-bond donors (Lipinski definition) is 1. The number of aryl methyl sites for hydroxylation is 1. The number of rotatable bonds is 4. The molecule has 0 saturated heterocycles. The van der Waals surface area contributed by atoms with Gasteiger partial charge < -0.3 is 9.84 Å². The van der Waals surface area contributed by atoms with E-state index in [0.29, 0.717) is 22.5 Å². The highest BCUT2D eigenvalue weighted by atomic mass is 16.5. The van der Waals surface area contributed by atoms with Gasteiger partial charge in [-0.15, -0.1) is 0 Å². The maximum absolute atomic E-state index is 12.1. The average Bonchev–Trinajstić information content (AvgIpc) is 2.59. The largest absolute Gasteiger partial charge is 0.456 e. The smallest absolute Gasteiger partial charge is 0.338 e. The number of carbonyl (C=O) groups excluding carboxylic acids is 1. The van der Waals surface area contributed by atoms with Crippen molar-refractivity contribution in [3.05, 3.63) is 81.4 Å². The number of carbonyl (C=O) groups is 1. The molecule has 0 aliphatic carbocycles. The molecular weight excluding hydrogens is 308 g/mol. The molecule has 2 aromatic heterocycles. The van der Waals surface area contributed by atoms with E-state index in [1.807, 2.05) is 13.0 Å². The van der Waals surface area contributed by atoms with Crippen molar-refractivity contribution in [2.75, 3.05) is 0 Å². The molecule has 3 rings (SSSR count). The number of fused-ring (bicyclic) bond motifs is 1. The lowest BCUT2D eigenvalue weighted by Gasteiger charge is -2.07. The van der Waals surface area contributed by atoms with Crippen molar-refractivity contribution in [3.63, 3.8) is 0 Å². The Kier molecular flexibility index (Phi) is 4.39. The minimum Gasteiger partial charge on any atom is -0.456 e. The monoisotopic (exact) mass is 324 g/mol. The summed E-state index contributed by atoms with van der Waals surface area (Å²) in [4.78, 5) is 28.4. The second-order valence-corrected chi connectivity index (χ2v) is 5.45. The first-order valence-corrected chi connectivity index (χ1v) is 7.43. The van der Waals surface area contributed by atoms with Crippen LogP contribution in [-0.2, 0) is 18.0 Å². The number of hydrogen-bond acceptors (Lipinski definition) is 5. The number of esters is 1. The predicted molar refractivity (Wildman–Crippen MR) is 87.7 cm³/mol. The van der Waals surface area contributed by atoms with Gasteiger partial charge in [-0.25, -0.2) is 9.78 Å². The summed E-state index contributed by atoms with van der Waals surface area (Å²) >= 11 is 0. The van der Waals surface area contributed by atoms with Gasteiger partial charge in [0.25, 0.3) is 5.56 Å². The van der Waals surface area contributed by atoms with Gasteiger partial charge in [-0.3, -0.25) is 9.20 Å². The van der Waals surface area contributed by atoms with Crippen LogP contribution in [0.15, 0.2) is 53.5 Å². The minimum atomic E-state index is -0.509. The first-order valence-electron chi connectivity index (χ1n) is 7.43. The molecule has 3 aromatic rings. The molecule has 1 aromatic carbocycles. The van der Waals surface area contributed by atoms with E-state index in [1.54, 1.807) is 36.5 Å². The Labute approximate surface area is 138 Å². The summed E-state index contributed by atoms with van der Waals surface area (Å²) in [6.07, 6.45) is 1.67. The van der Waals surface area contributed by atoms with Crippen molar-refractivity contribution < 1.29 is 14.6 Å². The topological polar surface area (TPSA) is 80.9 Å². The quantitative estimate of drug-likeness (QED) is 0.741. The molecule has 122 valence electrons. The van der Waals surface area contributed by atoms with Crippen molar-refractivity contribution in [2.24, 2.45) is 0 Å². The third kappa shape index (κ3) is 3.33. The number of ether oxygens (including phenoxy) is 1. The van der Waals surface area contributed by atoms with Crippen LogP contribution < -0.4 is 5.56 Å². The van der Waals surface area contributed by atoms with Gasteiger partial charge in [0.15, 0.2) is 0 Å². The Morgan fingerprint density at radius 2 is 1.96 bits per heavy atom. The molecule has 0 spiro atoms. The zero-order valence-electron chi connectivity index (χ0n) is 13.1. The van der Waals surface area contributed by atoms with Crippen molar-refractivity contribution in [2.45, 2.75) is 20.1 Å². The molecule has 0 radical (unpaired) electrons. The van der Waals surface area contributed by atoms with Crippen LogP contribution in [0, 0.1) is 6.92 Å². The van der Waals surface area contributed by atoms with Gasteiger partial charge in [0, 0.05) is 12.3 Å². The predicted octanol–water partition coefficient (Wildman–Crippen LogP) is 1.85. The lowest BCUT2D eigenvalue weighted by molar-refractivity contribution is 0.0467. The van der Waals surface area contributed by atoms with Crippen molar-refractivity contribution >= 4 is 11.6 Å². The lowest BCUT2D eigenvalue weighted by Crippen LogP contribution is -2.16. The van der Waals surface area contributed by atoms with Gasteiger partial charge in [-0.1, -0.05) is 12.1 Å². The zero-order valence-corrected chi connectivity index (χ0v) is 13.1. The van der Waals surface area contributed by atoms with Crippen molar-refractivity contribution in [3.8, 4) is 0 Å². The zero-order chi connectivity index (χ0) is 17.1. The minimum absolute atomic E-state index is 0.0831. The number of aliphatic hydroxyl groups excluding tert-OH is 1. The summed E-state index contributed by atoms with van der Waals surface area (Å²) < 4.78 is 6.65. The molecule has 0 amide bonds. The number of aromatic nitrogens is 2. The molecule has 1 N–H and O–H groups in total. The number of aliphatic hydroxyl groups is 1. The maximum atomic E-state index is 12.1. The Bertz CT molecular complexity index is 945. The first kappa shape index (κ1) is 15.9. The SMILES string of the molecule is Cc1ccn2c(=O)cc(COC(=O)c3ccc(CO)cc3)nc2c1. The fourth-order valence-corrected chi connectivity index (χ4v) is 2.30. The van der Waals surface area contributed by atoms with Gasteiger partial charge in [0.2, 0.25) is 0 Å². The summed E-state index contributed by atoms with van der Waals surface area (Å²) in [6.45, 7) is 1.74. The van der Waals surface area contributed by atoms with E-state index >= 15 is 0 Å². The fourth-order valence-electron chi connectivity index (χ4n) is 2.30. The van der Waals surface area contributed by atoms with Crippen LogP contribution in [0.2, 0.25) is 0 Å². The Morgan fingerprint density at radius 1 is 1.21 bits per heavy atom. The fraction of sp³-hybridized carbons (Fsp3) is 0.167. The summed E-state index contributed by atoms with van der Waals surface area (Å²) in [5.41, 5.74) is 2.76. The van der Waals surface area contributed by atoms with Crippen LogP contribution in [0.4, 0.5) is 0 Å². The van der Waals surface area contributed by atoms with E-state index < -0.39 is 5.97 Å². The van der Waals surface area contributed by atoms with Crippen LogP contribution in [0.25, 0.3) is 5.65 Å². The molecule has 0 aliphatic rings. The van der Waals surface area contributed by atoms with E-state index in [4.69, 9.17) is 9.84 Å². The van der Waals surface area contributed by atoms with E-state index in [2.05, 4.69) is 4.98 Å². The molecule has 0 atom stereocenters. The van der Waals surface area contributed by atoms with Crippen LogP contribution in [0.1, 0.15) is 27.2 Å². The first-order chi connectivity index (χ1) is 11.6. The van der Waals surface area contributed by atoms with Gasteiger partial charge in [-0.2, -0.15) is 0 Å². The van der Waals surface area contributed by atoms with Gasteiger partial charge >= 0.3 is 5.97 Å². The molecule has 24 heavy (non-hydrogen) atoms. The van der Waals surface area contributed by atoms with Crippen molar-refractivity contribution in [1.29, 1.82) is 0 Å². The normalized spacial score (nSPS) is 10.8. The number of benzene rings is 1. The molecule has 0 saturated carbocycles. The Morgan fingerprint density at radius 3 is 2.67 bits per heavy atom. The van der Waals surface area contributed by atoms with Crippen LogP contribution >= 0.6 is 0 Å². The summed E-state index contributed by atoms with van der Waals surface area (Å²) in [5.74, 6) is -0.509. The van der Waals surface area contributed by atoms with Crippen LogP contribution in [0.3, 0.4) is 0 Å². The van der Waals surface area contributed by atoms with Crippen molar-refractivity contribution in [1.82, 2.24) is 9.38 Å². The molecule has 0 unspecified atom stereocenters. The summed E-state index contributed by atoms with van der Waals surface area (Å²) in [7, 11) is 0. The highest BCUT2D eigenvalue weighted by Gasteiger charge is 2.09. The van der Waals surface area contributed by atoms with Gasteiger partial charge in [0.1, 0.15) is 12.3 Å². The van der Waals surface area contributed by atoms with E-state index in [-0.39, 0.29) is 18.8 Å². The second-order valence-electron chi connectivity index (χ2n) is 5.45. The average molecular weight is 324 g/mol. The van der Waals surface area contributed by atoms with Crippen LogP contribution in [0.5, 0.6) is 0 Å². The van der Waals surface area contributed by atoms with E-state index in [9.17, 15) is 9.59 Å². The van der Waals surface area contributed by atoms with Gasteiger partial charge in [0.05, 0.1) is 17.9 Å².